The van der Waals surface area contributed by atoms with Crippen LogP contribution in [0, 0.1) is 5.82 Å². The second-order valence-corrected chi connectivity index (χ2v) is 7.33. The lowest BCUT2D eigenvalue weighted by molar-refractivity contribution is -0.0237. The second-order valence-electron chi connectivity index (χ2n) is 6.89. The minimum absolute atomic E-state index is 0.380. The summed E-state index contributed by atoms with van der Waals surface area (Å²) in [7, 11) is 0. The maximum Gasteiger partial charge on any atom is 0.127 e. The number of aliphatic hydroxyl groups is 1. The summed E-state index contributed by atoms with van der Waals surface area (Å²) < 4.78 is 15.9. The van der Waals surface area contributed by atoms with Gasteiger partial charge in [-0.2, -0.15) is 0 Å². The summed E-state index contributed by atoms with van der Waals surface area (Å²) in [5.41, 5.74) is 5.99. The van der Waals surface area contributed by atoms with Crippen LogP contribution < -0.4 is 5.73 Å². The zero-order valence-corrected chi connectivity index (χ0v) is 15.3. The fourth-order valence-corrected chi connectivity index (χ4v) is 4.01. The first-order valence-corrected chi connectivity index (χ1v) is 8.63. The molecule has 0 radical (unpaired) electrons. The molecule has 0 spiro atoms. The van der Waals surface area contributed by atoms with E-state index in [-0.39, 0.29) is 0 Å². The van der Waals surface area contributed by atoms with Crippen molar-refractivity contribution >= 4 is 28.2 Å². The molecule has 5 heteroatoms. The summed E-state index contributed by atoms with van der Waals surface area (Å²) >= 11 is 6.05. The molecule has 3 N–H and O–H groups in total. The molecule has 0 amide bonds. The number of nitrogens with zero attached hydrogens (tertiary/aromatic N) is 1. The van der Waals surface area contributed by atoms with E-state index in [1.807, 2.05) is 35.9 Å². The number of benzene rings is 2. The fraction of sp³-hybridized carbons (Fsp3) is 0.300. The normalized spacial score (nSPS) is 14.6. The van der Waals surface area contributed by atoms with Crippen LogP contribution in [0.5, 0.6) is 0 Å². The molecule has 0 aliphatic heterocycles. The molecule has 1 atom stereocenters. The predicted molar refractivity (Wildman–Crippen MR) is 101 cm³/mol. The highest BCUT2D eigenvalue weighted by Gasteiger charge is 2.46. The second kappa shape index (κ2) is 6.04. The summed E-state index contributed by atoms with van der Waals surface area (Å²) in [6.45, 7) is 5.53. The molecular formula is C20H22ClFN2O. The first kappa shape index (κ1) is 17.8. The molecule has 3 aromatic rings. The number of anilines is 1. The Kier molecular flexibility index (Phi) is 4.30. The third-order valence-electron chi connectivity index (χ3n) is 5.06. The summed E-state index contributed by atoms with van der Waals surface area (Å²) in [6, 6.07) is 12.0. The van der Waals surface area contributed by atoms with Crippen molar-refractivity contribution < 1.29 is 9.50 Å². The lowest BCUT2D eigenvalue weighted by Crippen LogP contribution is -2.52. The molecule has 1 unspecified atom stereocenters. The molecule has 1 aromatic heterocycles. The van der Waals surface area contributed by atoms with E-state index >= 15 is 0 Å². The molecule has 0 aliphatic carbocycles. The topological polar surface area (TPSA) is 51.2 Å². The Bertz CT molecular complexity index is 912. The highest BCUT2D eigenvalue weighted by Crippen LogP contribution is 2.43. The number of aromatic nitrogens is 1. The van der Waals surface area contributed by atoms with Crippen LogP contribution in [0.3, 0.4) is 0 Å². The fourth-order valence-electron chi connectivity index (χ4n) is 3.89. The lowest BCUT2D eigenvalue weighted by atomic mass is 9.74. The molecule has 0 fully saturated rings. The van der Waals surface area contributed by atoms with Crippen LogP contribution in [0.4, 0.5) is 10.1 Å². The highest BCUT2D eigenvalue weighted by atomic mass is 35.5. The monoisotopic (exact) mass is 360 g/mol. The van der Waals surface area contributed by atoms with Crippen molar-refractivity contribution in [2.45, 2.75) is 38.3 Å². The van der Waals surface area contributed by atoms with Gasteiger partial charge in [0.2, 0.25) is 0 Å². The van der Waals surface area contributed by atoms with E-state index in [0.717, 1.165) is 10.9 Å². The van der Waals surface area contributed by atoms with Gasteiger partial charge in [0, 0.05) is 22.3 Å². The maximum atomic E-state index is 14.0. The van der Waals surface area contributed by atoms with Crippen LogP contribution in [0.25, 0.3) is 10.9 Å². The molecule has 0 saturated carbocycles. The Morgan fingerprint density at radius 1 is 1.16 bits per heavy atom. The first-order chi connectivity index (χ1) is 11.7. The van der Waals surface area contributed by atoms with Crippen LogP contribution >= 0.6 is 11.6 Å². The average molecular weight is 361 g/mol. The van der Waals surface area contributed by atoms with Gasteiger partial charge in [-0.1, -0.05) is 30.7 Å². The number of fused-ring (bicyclic) bond motifs is 1. The van der Waals surface area contributed by atoms with E-state index in [9.17, 15) is 9.50 Å². The molecular weight excluding hydrogens is 339 g/mol. The third-order valence-corrected chi connectivity index (χ3v) is 5.31. The van der Waals surface area contributed by atoms with E-state index < -0.39 is 17.0 Å². The molecule has 1 heterocycles. The molecule has 3 nitrogen and oxygen atoms in total. The summed E-state index contributed by atoms with van der Waals surface area (Å²) in [4.78, 5) is 0. The van der Waals surface area contributed by atoms with Crippen molar-refractivity contribution in [1.82, 2.24) is 4.57 Å². The Morgan fingerprint density at radius 2 is 1.80 bits per heavy atom. The minimum atomic E-state index is -1.12. The van der Waals surface area contributed by atoms with Crippen molar-refractivity contribution in [2.75, 3.05) is 5.73 Å². The van der Waals surface area contributed by atoms with Gasteiger partial charge >= 0.3 is 0 Å². The van der Waals surface area contributed by atoms with E-state index in [4.69, 9.17) is 17.3 Å². The van der Waals surface area contributed by atoms with Crippen molar-refractivity contribution in [2.24, 2.45) is 0 Å². The Labute approximate surface area is 151 Å². The van der Waals surface area contributed by atoms with Crippen molar-refractivity contribution in [3.8, 4) is 0 Å². The van der Waals surface area contributed by atoms with Crippen LogP contribution in [-0.4, -0.2) is 15.3 Å². The van der Waals surface area contributed by atoms with Crippen molar-refractivity contribution in [3.05, 3.63) is 65.1 Å². The van der Waals surface area contributed by atoms with Gasteiger partial charge in [-0.15, -0.1) is 0 Å². The molecule has 0 saturated heterocycles. The van der Waals surface area contributed by atoms with Gasteiger partial charge in [0.15, 0.2) is 0 Å². The molecule has 2 aromatic carbocycles. The number of hydrogen-bond donors (Lipinski definition) is 2. The van der Waals surface area contributed by atoms with Gasteiger partial charge < -0.3 is 15.4 Å². The minimum Gasteiger partial charge on any atom is -0.398 e. The van der Waals surface area contributed by atoms with Gasteiger partial charge in [0.25, 0.3) is 0 Å². The summed E-state index contributed by atoms with van der Waals surface area (Å²) in [5, 5.41) is 12.5. The van der Waals surface area contributed by atoms with Gasteiger partial charge in [0.05, 0.1) is 16.7 Å². The predicted octanol–water partition coefficient (Wildman–Crippen LogP) is 4.94. The molecule has 3 rings (SSSR count). The lowest BCUT2D eigenvalue weighted by Gasteiger charge is -2.45. The van der Waals surface area contributed by atoms with Crippen molar-refractivity contribution in [3.63, 3.8) is 0 Å². The smallest absolute Gasteiger partial charge is 0.127 e. The van der Waals surface area contributed by atoms with E-state index in [1.165, 1.54) is 12.1 Å². The molecule has 25 heavy (non-hydrogen) atoms. The van der Waals surface area contributed by atoms with Crippen LogP contribution in [0.15, 0.2) is 48.7 Å². The number of halogens is 2. The standard InChI is InChI=1S/C20H22ClFN2O/c1-4-20(19(2,3)25,13-5-7-14(21)8-6-13)24-10-9-16-17(23)11-15(22)12-18(16)24/h5-12,25H,4,23H2,1-3H3. The van der Waals surface area contributed by atoms with Crippen LogP contribution in [0.1, 0.15) is 32.8 Å². The van der Waals surface area contributed by atoms with Gasteiger partial charge in [0.1, 0.15) is 5.82 Å². The third kappa shape index (κ3) is 2.70. The van der Waals surface area contributed by atoms with Crippen LogP contribution in [0.2, 0.25) is 5.02 Å². The maximum absolute atomic E-state index is 14.0. The van der Waals surface area contributed by atoms with Crippen LogP contribution in [-0.2, 0) is 5.54 Å². The quantitative estimate of drug-likeness (QED) is 0.647. The highest BCUT2D eigenvalue weighted by molar-refractivity contribution is 6.30. The number of hydrogen-bond acceptors (Lipinski definition) is 2. The Balaban J connectivity index is 2.39. The van der Waals surface area contributed by atoms with Gasteiger partial charge in [-0.25, -0.2) is 4.39 Å². The van der Waals surface area contributed by atoms with Crippen molar-refractivity contribution in [1.29, 1.82) is 0 Å². The van der Waals surface area contributed by atoms with Gasteiger partial charge in [-0.05, 0) is 56.2 Å². The molecule has 132 valence electrons. The summed E-state index contributed by atoms with van der Waals surface area (Å²) in [5.74, 6) is -0.401. The molecule has 0 aliphatic rings. The summed E-state index contributed by atoms with van der Waals surface area (Å²) in [6.07, 6.45) is 2.45. The Morgan fingerprint density at radius 3 is 2.36 bits per heavy atom. The number of nitrogen functional groups attached to an aromatic ring is 1. The number of nitrogens with two attached hydrogens (primary N) is 1. The average Bonchev–Trinajstić information content (AvgIpc) is 2.93. The zero-order valence-electron chi connectivity index (χ0n) is 14.6. The van der Waals surface area contributed by atoms with E-state index in [1.54, 1.807) is 26.0 Å². The first-order valence-electron chi connectivity index (χ1n) is 8.25. The van der Waals surface area contributed by atoms with E-state index in [2.05, 4.69) is 0 Å². The largest absolute Gasteiger partial charge is 0.398 e. The van der Waals surface area contributed by atoms with E-state index in [0.29, 0.717) is 22.6 Å². The Hall–Kier alpha value is -2.04. The molecule has 0 bridgehead atoms. The number of rotatable bonds is 4. The van der Waals surface area contributed by atoms with Gasteiger partial charge in [-0.3, -0.25) is 0 Å². The SMILES string of the molecule is CCC(c1ccc(Cl)cc1)(n1ccc2c(N)cc(F)cc21)C(C)(C)O. The zero-order chi connectivity index (χ0) is 18.4.